The van der Waals surface area contributed by atoms with E-state index in [1.165, 1.54) is 23.3 Å². The maximum Gasteiger partial charge on any atom is 0.330 e. The number of hydrogen-bond donors (Lipinski definition) is 0. The van der Waals surface area contributed by atoms with Crippen LogP contribution in [-0.2, 0) is 19.1 Å². The summed E-state index contributed by atoms with van der Waals surface area (Å²) in [4.78, 5) is 22.7. The zero-order valence-electron chi connectivity index (χ0n) is 19.3. The predicted octanol–water partition coefficient (Wildman–Crippen LogP) is 6.30. The summed E-state index contributed by atoms with van der Waals surface area (Å²) in [5, 5.41) is 1.42. The van der Waals surface area contributed by atoms with E-state index in [0.29, 0.717) is 43.4 Å². The van der Waals surface area contributed by atoms with Crippen LogP contribution >= 0.6 is 70.6 Å². The zero-order valence-corrected chi connectivity index (χ0v) is 24.2. The minimum Gasteiger partial charge on any atom is -0.461 e. The Morgan fingerprint density at radius 3 is 1.59 bits per heavy atom. The second kappa shape index (κ2) is 14.5. The number of carbonyl (C=O) groups is 2. The van der Waals surface area contributed by atoms with Gasteiger partial charge in [0.25, 0.3) is 0 Å². The third kappa shape index (κ3) is 7.87. The van der Waals surface area contributed by atoms with Gasteiger partial charge < -0.3 is 9.47 Å². The van der Waals surface area contributed by atoms with Gasteiger partial charge in [0.2, 0.25) is 0 Å². The van der Waals surface area contributed by atoms with Crippen LogP contribution in [0.5, 0.6) is 0 Å². The van der Waals surface area contributed by atoms with Crippen LogP contribution < -0.4 is 0 Å². The van der Waals surface area contributed by atoms with Crippen LogP contribution in [0.2, 0.25) is 0 Å². The average Bonchev–Trinajstić information content (AvgIpc) is 3.53. The molecule has 0 N–H and O–H groups in total. The van der Waals surface area contributed by atoms with Crippen LogP contribution in [0.4, 0.5) is 0 Å². The maximum atomic E-state index is 11.4. The first-order valence-corrected chi connectivity index (χ1v) is 17.3. The van der Waals surface area contributed by atoms with Crippen molar-refractivity contribution < 1.29 is 19.1 Å². The van der Waals surface area contributed by atoms with E-state index >= 15 is 0 Å². The number of carbonyl (C=O) groups excluding carboxylic acids is 2. The summed E-state index contributed by atoms with van der Waals surface area (Å²) >= 11 is 11.5. The monoisotopic (exact) mass is 574 g/mol. The van der Waals surface area contributed by atoms with Crippen molar-refractivity contribution in [3.8, 4) is 0 Å². The van der Waals surface area contributed by atoms with Gasteiger partial charge in [0.1, 0.15) is 13.2 Å². The molecular formula is C24H30O4S6. The van der Waals surface area contributed by atoms with Gasteiger partial charge in [0, 0.05) is 34.2 Å². The molecule has 6 unspecified atom stereocenters. The Bertz CT molecular complexity index is 779. The Morgan fingerprint density at radius 1 is 0.882 bits per heavy atom. The first-order chi connectivity index (χ1) is 16.5. The molecule has 0 aliphatic carbocycles. The van der Waals surface area contributed by atoms with Crippen molar-refractivity contribution >= 4 is 82.5 Å². The second-order valence-corrected chi connectivity index (χ2v) is 15.4. The van der Waals surface area contributed by atoms with E-state index in [1.54, 1.807) is 0 Å². The first kappa shape index (κ1) is 28.3. The molecule has 2 aliphatic heterocycles. The Hall–Kier alpha value is -0.260. The van der Waals surface area contributed by atoms with E-state index < -0.39 is 0 Å². The molecule has 2 aliphatic rings. The van der Waals surface area contributed by atoms with Gasteiger partial charge in [-0.3, -0.25) is 0 Å². The Morgan fingerprint density at radius 2 is 1.26 bits per heavy atom. The summed E-state index contributed by atoms with van der Waals surface area (Å²) in [6, 6.07) is 9.11. The summed E-state index contributed by atoms with van der Waals surface area (Å²) in [6.45, 7) is 7.80. The van der Waals surface area contributed by atoms with Gasteiger partial charge in [-0.1, -0.05) is 37.4 Å². The van der Waals surface area contributed by atoms with E-state index in [2.05, 4.69) is 49.9 Å². The molecule has 3 rings (SSSR count). The molecule has 0 radical (unpaired) electrons. The maximum absolute atomic E-state index is 11.4. The van der Waals surface area contributed by atoms with Gasteiger partial charge in [-0.15, -0.1) is 47.0 Å². The van der Waals surface area contributed by atoms with Gasteiger partial charge in [-0.05, 0) is 23.6 Å². The number of esters is 2. The molecular weight excluding hydrogens is 545 g/mol. The molecule has 34 heavy (non-hydrogen) atoms. The molecule has 0 aromatic heterocycles. The van der Waals surface area contributed by atoms with E-state index in [1.807, 2.05) is 70.6 Å². The lowest BCUT2D eigenvalue weighted by Crippen LogP contribution is -2.15. The lowest BCUT2D eigenvalue weighted by atomic mass is 10.1. The quantitative estimate of drug-likeness (QED) is 0.210. The first-order valence-electron chi connectivity index (χ1n) is 10.8. The molecule has 2 heterocycles. The van der Waals surface area contributed by atoms with E-state index in [9.17, 15) is 9.59 Å². The van der Waals surface area contributed by atoms with E-state index in [-0.39, 0.29) is 11.9 Å². The lowest BCUT2D eigenvalue weighted by Gasteiger charge is -2.24. The molecule has 10 heteroatoms. The smallest absolute Gasteiger partial charge is 0.330 e. The van der Waals surface area contributed by atoms with Crippen molar-refractivity contribution in [1.29, 1.82) is 0 Å². The van der Waals surface area contributed by atoms with Crippen molar-refractivity contribution in [3.05, 3.63) is 60.7 Å². The zero-order chi connectivity index (χ0) is 24.5. The highest BCUT2D eigenvalue weighted by molar-refractivity contribution is 8.22. The predicted molar refractivity (Wildman–Crippen MR) is 157 cm³/mol. The fourth-order valence-corrected chi connectivity index (χ4v) is 13.5. The minimum absolute atomic E-state index is 0.323. The molecule has 0 saturated carbocycles. The normalized spacial score (nSPS) is 25.9. The van der Waals surface area contributed by atoms with Gasteiger partial charge in [0.15, 0.2) is 0 Å². The summed E-state index contributed by atoms with van der Waals surface area (Å²) in [5.41, 5.74) is 2.68. The van der Waals surface area contributed by atoms with Crippen LogP contribution in [0, 0.1) is 0 Å². The summed E-state index contributed by atoms with van der Waals surface area (Å²) < 4.78 is 11.4. The van der Waals surface area contributed by atoms with Crippen molar-refractivity contribution in [1.82, 2.24) is 0 Å². The molecule has 1 aromatic carbocycles. The second-order valence-electron chi connectivity index (χ2n) is 7.57. The molecule has 4 nitrogen and oxygen atoms in total. The van der Waals surface area contributed by atoms with Crippen LogP contribution in [0.3, 0.4) is 0 Å². The average molecular weight is 575 g/mol. The van der Waals surface area contributed by atoms with E-state index in [4.69, 9.17) is 9.47 Å². The lowest BCUT2D eigenvalue weighted by molar-refractivity contribution is -0.138. The van der Waals surface area contributed by atoms with Gasteiger partial charge in [0.05, 0.1) is 19.7 Å². The molecule has 0 amide bonds. The van der Waals surface area contributed by atoms with Crippen molar-refractivity contribution in [3.63, 3.8) is 0 Å². The molecule has 186 valence electrons. The van der Waals surface area contributed by atoms with E-state index in [0.717, 1.165) is 11.5 Å². The summed E-state index contributed by atoms with van der Waals surface area (Å²) in [5.74, 6) is 1.28. The summed E-state index contributed by atoms with van der Waals surface area (Å²) in [7, 11) is 0. The van der Waals surface area contributed by atoms with Crippen molar-refractivity contribution in [2.45, 2.75) is 30.2 Å². The molecule has 6 atom stereocenters. The van der Waals surface area contributed by atoms with Gasteiger partial charge in [-0.2, -0.15) is 23.5 Å². The highest BCUT2D eigenvalue weighted by atomic mass is 32.2. The topological polar surface area (TPSA) is 52.6 Å². The van der Waals surface area contributed by atoms with Gasteiger partial charge >= 0.3 is 11.9 Å². The van der Waals surface area contributed by atoms with Crippen LogP contribution in [0.1, 0.15) is 21.6 Å². The van der Waals surface area contributed by atoms with Crippen molar-refractivity contribution in [2.75, 3.05) is 37.2 Å². The molecule has 2 saturated heterocycles. The largest absolute Gasteiger partial charge is 0.461 e. The number of ether oxygens (including phenoxy) is 2. The third-order valence-corrected chi connectivity index (χ3v) is 14.8. The van der Waals surface area contributed by atoms with Crippen LogP contribution in [0.25, 0.3) is 0 Å². The summed E-state index contributed by atoms with van der Waals surface area (Å²) in [6.07, 6.45) is 6.78. The molecule has 0 spiro atoms. The Kier molecular flexibility index (Phi) is 12.1. The SMILES string of the molecule is C=CC(=O)OCC1CSC(C(SC)c2ccc(C(SC)C3SCC(COC(=O)C=C)S3)cc2)S1. The number of rotatable bonds is 12. The van der Waals surface area contributed by atoms with Gasteiger partial charge in [-0.25, -0.2) is 9.59 Å². The number of thioether (sulfide) groups is 6. The Labute approximate surface area is 228 Å². The number of hydrogen-bond acceptors (Lipinski definition) is 10. The molecule has 1 aromatic rings. The number of benzene rings is 1. The minimum atomic E-state index is -0.350. The third-order valence-electron chi connectivity index (χ3n) is 5.30. The van der Waals surface area contributed by atoms with Crippen LogP contribution in [0.15, 0.2) is 49.6 Å². The fourth-order valence-electron chi connectivity index (χ4n) is 3.59. The molecule has 2 fully saturated rings. The van der Waals surface area contributed by atoms with Crippen LogP contribution in [-0.4, -0.2) is 68.8 Å². The fraction of sp³-hybridized carbons (Fsp3) is 0.500. The van der Waals surface area contributed by atoms with Crippen molar-refractivity contribution in [2.24, 2.45) is 0 Å². The highest BCUT2D eigenvalue weighted by Gasteiger charge is 2.35. The Balaban J connectivity index is 1.57. The molecule has 0 bridgehead atoms. The standard InChI is InChI=1S/C24H30O4S6/c1-5-19(25)27-11-17-13-31-23(33-17)21(29-3)15-7-9-16(10-8-15)22(30-4)24-32-14-18(34-24)12-28-20(26)6-2/h5-10,17-18,21-24H,1-2,11-14H2,3-4H3. The highest BCUT2D eigenvalue weighted by Crippen LogP contribution is 2.51.